The number of piperidine rings is 1. The van der Waals surface area contributed by atoms with Crippen molar-refractivity contribution in [3.63, 3.8) is 0 Å². The van der Waals surface area contributed by atoms with Gasteiger partial charge in [0.05, 0.1) is 6.54 Å². The van der Waals surface area contributed by atoms with Crippen LogP contribution in [0.1, 0.15) is 44.2 Å². The Kier molecular flexibility index (Phi) is 6.11. The number of carbonyl (C=O) groups excluding carboxylic acids is 1. The van der Waals surface area contributed by atoms with Gasteiger partial charge >= 0.3 is 0 Å². The molecule has 0 radical (unpaired) electrons. The highest BCUT2D eigenvalue weighted by molar-refractivity contribution is 7.15. The molecule has 1 aromatic heterocycles. The summed E-state index contributed by atoms with van der Waals surface area (Å²) in [7, 11) is 0. The third kappa shape index (κ3) is 5.49. The van der Waals surface area contributed by atoms with Crippen LogP contribution in [0.5, 0.6) is 5.75 Å². The standard InChI is InChI=1S/C20H28N4O2S/c1-14-7-5-6-8-16(14)26-15-9-11-24(12-10-15)13-17(25)21-19-23-22-18(27-19)20(2,3)4/h5-8,15H,9-13H2,1-4H3,(H,21,23,25). The van der Waals surface area contributed by atoms with Gasteiger partial charge in [-0.15, -0.1) is 10.2 Å². The maximum atomic E-state index is 12.3. The monoisotopic (exact) mass is 388 g/mol. The van der Waals surface area contributed by atoms with E-state index in [1.54, 1.807) is 0 Å². The minimum atomic E-state index is -0.0559. The first-order valence-electron chi connectivity index (χ1n) is 9.40. The van der Waals surface area contributed by atoms with E-state index in [-0.39, 0.29) is 17.4 Å². The Balaban J connectivity index is 1.44. The number of hydrogen-bond donors (Lipinski definition) is 1. The number of likely N-dealkylation sites (tertiary alicyclic amines) is 1. The van der Waals surface area contributed by atoms with E-state index in [1.807, 2.05) is 18.2 Å². The summed E-state index contributed by atoms with van der Waals surface area (Å²) in [4.78, 5) is 14.5. The fourth-order valence-electron chi connectivity index (χ4n) is 2.99. The van der Waals surface area contributed by atoms with Gasteiger partial charge in [-0.25, -0.2) is 0 Å². The summed E-state index contributed by atoms with van der Waals surface area (Å²) in [5.41, 5.74) is 1.10. The first kappa shape index (κ1) is 19.8. The van der Waals surface area contributed by atoms with Crippen LogP contribution in [0.15, 0.2) is 24.3 Å². The van der Waals surface area contributed by atoms with Crippen LogP contribution in [0.2, 0.25) is 0 Å². The van der Waals surface area contributed by atoms with Gasteiger partial charge in [-0.3, -0.25) is 15.0 Å². The Labute approximate surface area is 164 Å². The van der Waals surface area contributed by atoms with Crippen LogP contribution in [0.25, 0.3) is 0 Å². The van der Waals surface area contributed by atoms with Crippen LogP contribution in [0.4, 0.5) is 5.13 Å². The van der Waals surface area contributed by atoms with Crippen molar-refractivity contribution in [2.45, 2.75) is 52.1 Å². The third-order valence-corrected chi connectivity index (χ3v) is 5.87. The number of carbonyl (C=O) groups is 1. The van der Waals surface area contributed by atoms with Crippen molar-refractivity contribution in [3.8, 4) is 5.75 Å². The van der Waals surface area contributed by atoms with Gasteiger partial charge in [0.25, 0.3) is 0 Å². The van der Waals surface area contributed by atoms with Crippen molar-refractivity contribution < 1.29 is 9.53 Å². The average molecular weight is 389 g/mol. The second-order valence-corrected chi connectivity index (χ2v) is 9.05. The average Bonchev–Trinajstić information content (AvgIpc) is 3.07. The number of hydrogen-bond acceptors (Lipinski definition) is 6. The fourth-order valence-corrected chi connectivity index (χ4v) is 3.81. The maximum Gasteiger partial charge on any atom is 0.240 e. The summed E-state index contributed by atoms with van der Waals surface area (Å²) in [6, 6.07) is 8.10. The van der Waals surface area contributed by atoms with Crippen molar-refractivity contribution in [2.24, 2.45) is 0 Å². The zero-order chi connectivity index (χ0) is 19.4. The summed E-state index contributed by atoms with van der Waals surface area (Å²) < 4.78 is 6.13. The molecule has 0 atom stereocenters. The molecular formula is C20H28N4O2S. The predicted octanol–water partition coefficient (Wildman–Crippen LogP) is 3.63. The first-order chi connectivity index (χ1) is 12.8. The molecule has 0 bridgehead atoms. The largest absolute Gasteiger partial charge is 0.490 e. The fraction of sp³-hybridized carbons (Fsp3) is 0.550. The van der Waals surface area contributed by atoms with E-state index in [1.165, 1.54) is 11.3 Å². The molecule has 2 aromatic rings. The van der Waals surface area contributed by atoms with Crippen LogP contribution in [-0.4, -0.2) is 46.7 Å². The Morgan fingerprint density at radius 2 is 1.96 bits per heavy atom. The molecule has 1 amide bonds. The molecule has 0 saturated carbocycles. The van der Waals surface area contributed by atoms with Gasteiger partial charge < -0.3 is 4.74 Å². The lowest BCUT2D eigenvalue weighted by Gasteiger charge is -2.31. The van der Waals surface area contributed by atoms with Crippen molar-refractivity contribution in [2.75, 3.05) is 25.0 Å². The highest BCUT2D eigenvalue weighted by Crippen LogP contribution is 2.27. The molecule has 7 heteroatoms. The van der Waals surface area contributed by atoms with Crippen LogP contribution < -0.4 is 10.1 Å². The minimum absolute atomic E-state index is 0.0371. The molecule has 3 rings (SSSR count). The number of anilines is 1. The van der Waals surface area contributed by atoms with Crippen molar-refractivity contribution in [1.29, 1.82) is 0 Å². The molecule has 0 spiro atoms. The molecule has 27 heavy (non-hydrogen) atoms. The molecule has 1 aromatic carbocycles. The maximum absolute atomic E-state index is 12.3. The van der Waals surface area contributed by atoms with Gasteiger partial charge in [0.2, 0.25) is 11.0 Å². The summed E-state index contributed by atoms with van der Waals surface area (Å²) in [5.74, 6) is 0.921. The van der Waals surface area contributed by atoms with Crippen LogP contribution in [0, 0.1) is 6.92 Å². The smallest absolute Gasteiger partial charge is 0.240 e. The number of rotatable bonds is 5. The van der Waals surface area contributed by atoms with E-state index in [0.717, 1.165) is 42.3 Å². The Morgan fingerprint density at radius 1 is 1.26 bits per heavy atom. The lowest BCUT2D eigenvalue weighted by Crippen LogP contribution is -2.42. The second kappa shape index (κ2) is 8.35. The van der Waals surface area contributed by atoms with E-state index < -0.39 is 0 Å². The number of aromatic nitrogens is 2. The molecule has 1 aliphatic rings. The number of ether oxygens (including phenoxy) is 1. The molecule has 0 aliphatic carbocycles. The molecule has 1 saturated heterocycles. The van der Waals surface area contributed by atoms with Crippen LogP contribution in [-0.2, 0) is 10.2 Å². The van der Waals surface area contributed by atoms with Crippen molar-refractivity contribution >= 4 is 22.4 Å². The van der Waals surface area contributed by atoms with E-state index in [2.05, 4.69) is 54.2 Å². The molecule has 0 unspecified atom stereocenters. The van der Waals surface area contributed by atoms with E-state index >= 15 is 0 Å². The van der Waals surface area contributed by atoms with Gasteiger partial charge in [0.15, 0.2) is 0 Å². The van der Waals surface area contributed by atoms with Crippen LogP contribution in [0.3, 0.4) is 0 Å². The van der Waals surface area contributed by atoms with Gasteiger partial charge in [-0.05, 0) is 31.4 Å². The molecule has 2 heterocycles. The number of aryl methyl sites for hydroxylation is 1. The van der Waals surface area contributed by atoms with Crippen molar-refractivity contribution in [3.05, 3.63) is 34.8 Å². The van der Waals surface area contributed by atoms with E-state index in [4.69, 9.17) is 4.74 Å². The molecule has 1 fully saturated rings. The number of amides is 1. The Morgan fingerprint density at radius 3 is 2.59 bits per heavy atom. The Hall–Kier alpha value is -1.99. The zero-order valence-corrected chi connectivity index (χ0v) is 17.3. The summed E-state index contributed by atoms with van der Waals surface area (Å²) in [6.07, 6.45) is 2.06. The van der Waals surface area contributed by atoms with Crippen LogP contribution >= 0.6 is 11.3 Å². The quantitative estimate of drug-likeness (QED) is 0.847. The number of para-hydroxylation sites is 1. The SMILES string of the molecule is Cc1ccccc1OC1CCN(CC(=O)Nc2nnc(C(C)(C)C)s2)CC1. The van der Waals surface area contributed by atoms with E-state index in [0.29, 0.717) is 11.7 Å². The highest BCUT2D eigenvalue weighted by atomic mass is 32.1. The predicted molar refractivity (Wildman–Crippen MR) is 109 cm³/mol. The number of nitrogens with one attached hydrogen (secondary N) is 1. The lowest BCUT2D eigenvalue weighted by atomic mass is 9.98. The minimum Gasteiger partial charge on any atom is -0.490 e. The summed E-state index contributed by atoms with van der Waals surface area (Å²) in [6.45, 7) is 10.4. The Bertz CT molecular complexity index is 776. The number of benzene rings is 1. The van der Waals surface area contributed by atoms with Gasteiger partial charge in [-0.2, -0.15) is 0 Å². The molecule has 1 aliphatic heterocycles. The normalized spacial score (nSPS) is 16.3. The molecule has 6 nitrogen and oxygen atoms in total. The van der Waals surface area contributed by atoms with Gasteiger partial charge in [0.1, 0.15) is 16.9 Å². The molecular weight excluding hydrogens is 360 g/mol. The van der Waals surface area contributed by atoms with Gasteiger partial charge in [0, 0.05) is 18.5 Å². The second-order valence-electron chi connectivity index (χ2n) is 8.07. The molecule has 146 valence electrons. The van der Waals surface area contributed by atoms with Crippen molar-refractivity contribution in [1.82, 2.24) is 15.1 Å². The lowest BCUT2D eigenvalue weighted by molar-refractivity contribution is -0.117. The summed E-state index contributed by atoms with van der Waals surface area (Å²) >= 11 is 1.44. The first-order valence-corrected chi connectivity index (χ1v) is 10.2. The number of nitrogens with zero attached hydrogens (tertiary/aromatic N) is 3. The van der Waals surface area contributed by atoms with Gasteiger partial charge in [-0.1, -0.05) is 50.3 Å². The zero-order valence-electron chi connectivity index (χ0n) is 16.5. The highest BCUT2D eigenvalue weighted by Gasteiger charge is 2.24. The molecule has 1 N–H and O–H groups in total. The van der Waals surface area contributed by atoms with E-state index in [9.17, 15) is 4.79 Å². The third-order valence-electron chi connectivity index (χ3n) is 4.60. The topological polar surface area (TPSA) is 67.3 Å². The summed E-state index contributed by atoms with van der Waals surface area (Å²) in [5, 5.41) is 12.6.